The van der Waals surface area contributed by atoms with E-state index in [9.17, 15) is 14.7 Å². The zero-order chi connectivity index (χ0) is 18.4. The molecule has 25 heavy (non-hydrogen) atoms. The maximum atomic E-state index is 11.8. The second-order valence-corrected chi connectivity index (χ2v) is 8.98. The normalized spacial score (nSPS) is 45.3. The Balaban J connectivity index is 0.000000880. The van der Waals surface area contributed by atoms with Gasteiger partial charge < -0.3 is 5.11 Å². The molecule has 3 fully saturated rings. The summed E-state index contributed by atoms with van der Waals surface area (Å²) in [6.07, 6.45) is 9.99. The van der Waals surface area contributed by atoms with E-state index in [2.05, 4.69) is 13.8 Å². The van der Waals surface area contributed by atoms with Crippen LogP contribution in [0.4, 0.5) is 0 Å². The molecule has 0 bridgehead atoms. The Morgan fingerprint density at radius 1 is 1.04 bits per heavy atom. The number of carboxylic acids is 1. The van der Waals surface area contributed by atoms with Gasteiger partial charge in [0.1, 0.15) is 0 Å². The third-order valence-electron chi connectivity index (χ3n) is 8.26. The van der Waals surface area contributed by atoms with Crippen LogP contribution in [-0.4, -0.2) is 16.9 Å². The number of rotatable bonds is 1. The average Bonchev–Trinajstić information content (AvgIpc) is 2.95. The highest BCUT2D eigenvalue weighted by Crippen LogP contribution is 2.66. The summed E-state index contributed by atoms with van der Waals surface area (Å²) in [6.45, 7) is 8.63. The van der Waals surface area contributed by atoms with Crippen LogP contribution >= 0.6 is 0 Å². The van der Waals surface area contributed by atoms with Crippen LogP contribution in [0.25, 0.3) is 0 Å². The molecule has 3 saturated carbocycles. The predicted molar refractivity (Wildman–Crippen MR) is 99.2 cm³/mol. The lowest BCUT2D eigenvalue weighted by Crippen LogP contribution is -2.51. The largest absolute Gasteiger partial charge is 0.481 e. The Hall–Kier alpha value is -1.12. The minimum absolute atomic E-state index is 0.00490. The summed E-state index contributed by atoms with van der Waals surface area (Å²) < 4.78 is 0. The maximum absolute atomic E-state index is 11.8. The molecule has 1 N–H and O–H groups in total. The molecule has 0 aromatic heterocycles. The second-order valence-electron chi connectivity index (χ2n) is 8.98. The van der Waals surface area contributed by atoms with Gasteiger partial charge >= 0.3 is 5.97 Å². The van der Waals surface area contributed by atoms with Crippen molar-refractivity contribution in [2.75, 3.05) is 0 Å². The minimum Gasteiger partial charge on any atom is -0.481 e. The summed E-state index contributed by atoms with van der Waals surface area (Å²) in [7, 11) is 0. The molecule has 3 nitrogen and oxygen atoms in total. The van der Waals surface area contributed by atoms with E-state index in [-0.39, 0.29) is 16.7 Å². The van der Waals surface area contributed by atoms with Crippen LogP contribution in [0.15, 0.2) is 11.6 Å². The zero-order valence-electron chi connectivity index (χ0n) is 16.3. The molecule has 0 saturated heterocycles. The number of aliphatic carboxylic acids is 1. The molecule has 0 radical (unpaired) electrons. The van der Waals surface area contributed by atoms with Crippen LogP contribution in [0.5, 0.6) is 0 Å². The van der Waals surface area contributed by atoms with Gasteiger partial charge in [0.15, 0.2) is 5.78 Å². The summed E-state index contributed by atoms with van der Waals surface area (Å²) in [5, 5.41) is 9.63. The van der Waals surface area contributed by atoms with Crippen LogP contribution in [0.1, 0.15) is 79.1 Å². The number of allylic oxidation sites excluding steroid dienone is 1. The van der Waals surface area contributed by atoms with Gasteiger partial charge in [-0.3, -0.25) is 9.59 Å². The first-order valence-electron chi connectivity index (χ1n) is 10.3. The number of hydrogen-bond acceptors (Lipinski definition) is 2. The molecule has 0 aliphatic heterocycles. The third kappa shape index (κ3) is 2.69. The Morgan fingerprint density at radius 2 is 1.76 bits per heavy atom. The van der Waals surface area contributed by atoms with Crippen LogP contribution in [0.3, 0.4) is 0 Å². The lowest BCUT2D eigenvalue weighted by Gasteiger charge is -2.57. The van der Waals surface area contributed by atoms with Gasteiger partial charge in [-0.1, -0.05) is 33.3 Å². The van der Waals surface area contributed by atoms with Gasteiger partial charge in [0.05, 0.1) is 5.92 Å². The van der Waals surface area contributed by atoms with Crippen LogP contribution < -0.4 is 0 Å². The number of ketones is 1. The van der Waals surface area contributed by atoms with E-state index in [1.54, 1.807) is 0 Å². The van der Waals surface area contributed by atoms with E-state index in [0.29, 0.717) is 30.0 Å². The standard InChI is InChI=1S/C20H28O3.C2H6/c1-19-9-7-13(21)11-12(19)3-4-14-15-5-6-17(18(22)23)20(15,2)10-8-16(14)19;1-2/h11,14-17H,3-10H2,1-2H3,(H,22,23);1-2H3/t14?,15?,16?,17?,19-,20-;/m0./s1. The third-order valence-corrected chi connectivity index (χ3v) is 8.26. The van der Waals surface area contributed by atoms with Gasteiger partial charge in [-0.15, -0.1) is 0 Å². The lowest BCUT2D eigenvalue weighted by molar-refractivity contribution is -0.149. The van der Waals surface area contributed by atoms with Crippen molar-refractivity contribution in [3.63, 3.8) is 0 Å². The monoisotopic (exact) mass is 346 g/mol. The van der Waals surface area contributed by atoms with Crippen molar-refractivity contribution in [1.82, 2.24) is 0 Å². The van der Waals surface area contributed by atoms with Crippen molar-refractivity contribution in [1.29, 1.82) is 0 Å². The Bertz CT molecular complexity index is 592. The number of hydrogen-bond donors (Lipinski definition) is 1. The lowest BCUT2D eigenvalue weighted by atomic mass is 9.47. The number of carboxylic acid groups (broad SMARTS) is 1. The summed E-state index contributed by atoms with van der Waals surface area (Å²) in [4.78, 5) is 23.5. The van der Waals surface area contributed by atoms with Crippen LogP contribution in [0, 0.1) is 34.5 Å². The molecule has 4 aliphatic carbocycles. The highest BCUT2D eigenvalue weighted by Gasteiger charge is 2.60. The highest BCUT2D eigenvalue weighted by molar-refractivity contribution is 5.91. The number of carbonyl (C=O) groups excluding carboxylic acids is 1. The van der Waals surface area contributed by atoms with Crippen molar-refractivity contribution in [3.8, 4) is 0 Å². The van der Waals surface area contributed by atoms with Crippen LogP contribution in [0.2, 0.25) is 0 Å². The first-order chi connectivity index (χ1) is 11.9. The smallest absolute Gasteiger partial charge is 0.307 e. The molecule has 0 heterocycles. The summed E-state index contributed by atoms with van der Waals surface area (Å²) >= 11 is 0. The SMILES string of the molecule is CC.C[C@]12CCC3C(CCC4=CC(=O)CC[C@@]43C)C1CCC2C(=O)O. The fourth-order valence-corrected chi connectivity index (χ4v) is 6.97. The Morgan fingerprint density at radius 3 is 2.44 bits per heavy atom. The molecular weight excluding hydrogens is 312 g/mol. The van der Waals surface area contributed by atoms with Crippen molar-refractivity contribution in [2.24, 2.45) is 34.5 Å². The molecule has 3 heteroatoms. The summed E-state index contributed by atoms with van der Waals surface area (Å²) in [5.74, 6) is 1.46. The van der Waals surface area contributed by atoms with E-state index >= 15 is 0 Å². The fourth-order valence-electron chi connectivity index (χ4n) is 6.97. The molecule has 6 atom stereocenters. The van der Waals surface area contributed by atoms with Crippen molar-refractivity contribution in [3.05, 3.63) is 11.6 Å². The fraction of sp³-hybridized carbons (Fsp3) is 0.818. The Labute approximate surface area is 152 Å². The van der Waals surface area contributed by atoms with Gasteiger partial charge in [0.25, 0.3) is 0 Å². The molecule has 0 spiro atoms. The minimum atomic E-state index is -0.584. The first kappa shape index (κ1) is 18.7. The molecular formula is C22H34O3. The zero-order valence-corrected chi connectivity index (χ0v) is 16.3. The summed E-state index contributed by atoms with van der Waals surface area (Å²) in [5.41, 5.74) is 1.58. The van der Waals surface area contributed by atoms with Gasteiger partial charge in [-0.25, -0.2) is 0 Å². The van der Waals surface area contributed by atoms with E-state index in [1.807, 2.05) is 19.9 Å². The van der Waals surface area contributed by atoms with Crippen molar-refractivity contribution >= 4 is 11.8 Å². The quantitative estimate of drug-likeness (QED) is 0.706. The molecule has 0 aromatic carbocycles. The van der Waals surface area contributed by atoms with E-state index in [4.69, 9.17) is 0 Å². The van der Waals surface area contributed by atoms with Crippen LogP contribution in [-0.2, 0) is 9.59 Å². The van der Waals surface area contributed by atoms with Gasteiger partial charge in [-0.05, 0) is 79.6 Å². The van der Waals surface area contributed by atoms with E-state index in [0.717, 1.165) is 44.9 Å². The molecule has 140 valence electrons. The van der Waals surface area contributed by atoms with Gasteiger partial charge in [-0.2, -0.15) is 0 Å². The van der Waals surface area contributed by atoms with E-state index in [1.165, 1.54) is 5.57 Å². The second kappa shape index (κ2) is 6.55. The molecule has 4 unspecified atom stereocenters. The topological polar surface area (TPSA) is 54.4 Å². The van der Waals surface area contributed by atoms with Crippen molar-refractivity contribution < 1.29 is 14.7 Å². The Kier molecular flexibility index (Phi) is 4.89. The van der Waals surface area contributed by atoms with E-state index < -0.39 is 5.97 Å². The predicted octanol–water partition coefficient (Wildman–Crippen LogP) is 5.25. The number of fused-ring (bicyclic) bond motifs is 5. The summed E-state index contributed by atoms with van der Waals surface area (Å²) in [6, 6.07) is 0. The highest BCUT2D eigenvalue weighted by atomic mass is 16.4. The van der Waals surface area contributed by atoms with Crippen molar-refractivity contribution in [2.45, 2.75) is 79.1 Å². The molecule has 0 aromatic rings. The molecule has 4 aliphatic rings. The average molecular weight is 347 g/mol. The maximum Gasteiger partial charge on any atom is 0.307 e. The molecule has 0 amide bonds. The van der Waals surface area contributed by atoms with Gasteiger partial charge in [0.2, 0.25) is 0 Å². The number of carbonyl (C=O) groups is 2. The molecule has 4 rings (SSSR count). The first-order valence-corrected chi connectivity index (χ1v) is 10.3. The van der Waals surface area contributed by atoms with Gasteiger partial charge in [0, 0.05) is 6.42 Å².